The lowest BCUT2D eigenvalue weighted by molar-refractivity contribution is 0.776. The number of hydrogen-bond donors (Lipinski definition) is 0. The lowest BCUT2D eigenvalue weighted by Gasteiger charge is -2.08. The lowest BCUT2D eigenvalue weighted by Crippen LogP contribution is -2.00. The molecule has 0 fully saturated rings. The molecular formula is C19H19N. The van der Waals surface area contributed by atoms with E-state index in [1.165, 1.54) is 27.9 Å². The first-order chi connectivity index (χ1) is 9.75. The fourth-order valence-corrected chi connectivity index (χ4v) is 2.81. The van der Waals surface area contributed by atoms with E-state index in [4.69, 9.17) is 0 Å². The van der Waals surface area contributed by atoms with Gasteiger partial charge in [0.05, 0.1) is 0 Å². The predicted molar refractivity (Wildman–Crippen MR) is 84.9 cm³/mol. The highest BCUT2D eigenvalue weighted by atomic mass is 15.0. The molecule has 0 saturated carbocycles. The van der Waals surface area contributed by atoms with Crippen molar-refractivity contribution in [3.05, 3.63) is 83.7 Å². The molecule has 0 spiro atoms. The van der Waals surface area contributed by atoms with Gasteiger partial charge in [0, 0.05) is 24.0 Å². The molecule has 0 N–H and O–H groups in total. The van der Waals surface area contributed by atoms with E-state index in [0.29, 0.717) is 0 Å². The Morgan fingerprint density at radius 1 is 0.800 bits per heavy atom. The molecule has 3 rings (SSSR count). The standard InChI is InChI=1S/C19H19N/c1-15-13-20(14-17-9-5-3-6-10-17)16(2)19(15)18-11-7-4-8-12-18/h3-13H,14H2,1-2H3. The van der Waals surface area contributed by atoms with Gasteiger partial charge in [0.15, 0.2) is 0 Å². The highest BCUT2D eigenvalue weighted by molar-refractivity contribution is 5.70. The summed E-state index contributed by atoms with van der Waals surface area (Å²) in [5.41, 5.74) is 6.67. The van der Waals surface area contributed by atoms with Gasteiger partial charge in [0.2, 0.25) is 0 Å². The molecule has 0 aliphatic rings. The summed E-state index contributed by atoms with van der Waals surface area (Å²) in [4.78, 5) is 0. The van der Waals surface area contributed by atoms with E-state index in [9.17, 15) is 0 Å². The first kappa shape index (κ1) is 12.7. The number of benzene rings is 2. The molecule has 0 amide bonds. The van der Waals surface area contributed by atoms with Crippen molar-refractivity contribution in [3.8, 4) is 11.1 Å². The molecule has 0 unspecified atom stereocenters. The maximum Gasteiger partial charge on any atom is 0.0473 e. The Hall–Kier alpha value is -2.28. The zero-order valence-corrected chi connectivity index (χ0v) is 12.0. The fourth-order valence-electron chi connectivity index (χ4n) is 2.81. The molecular weight excluding hydrogens is 242 g/mol. The van der Waals surface area contributed by atoms with E-state index in [-0.39, 0.29) is 0 Å². The van der Waals surface area contributed by atoms with Crippen molar-refractivity contribution in [1.29, 1.82) is 0 Å². The van der Waals surface area contributed by atoms with Crippen molar-refractivity contribution >= 4 is 0 Å². The Labute approximate surface area is 120 Å². The molecule has 1 heterocycles. The first-order valence-electron chi connectivity index (χ1n) is 7.01. The van der Waals surface area contributed by atoms with E-state index in [1.807, 2.05) is 0 Å². The summed E-state index contributed by atoms with van der Waals surface area (Å²) in [6, 6.07) is 21.2. The van der Waals surface area contributed by atoms with Gasteiger partial charge in [0.1, 0.15) is 0 Å². The lowest BCUT2D eigenvalue weighted by atomic mass is 10.0. The molecule has 2 aromatic carbocycles. The summed E-state index contributed by atoms with van der Waals surface area (Å²) in [6.07, 6.45) is 2.25. The first-order valence-corrected chi connectivity index (χ1v) is 7.01. The summed E-state index contributed by atoms with van der Waals surface area (Å²) < 4.78 is 2.34. The summed E-state index contributed by atoms with van der Waals surface area (Å²) in [5, 5.41) is 0. The topological polar surface area (TPSA) is 4.93 Å². The molecule has 0 bridgehead atoms. The van der Waals surface area contributed by atoms with Crippen LogP contribution in [-0.4, -0.2) is 4.57 Å². The third kappa shape index (κ3) is 2.39. The Balaban J connectivity index is 1.99. The number of nitrogens with zero attached hydrogens (tertiary/aromatic N) is 1. The second kappa shape index (κ2) is 5.38. The van der Waals surface area contributed by atoms with Gasteiger partial charge < -0.3 is 4.57 Å². The van der Waals surface area contributed by atoms with E-state index < -0.39 is 0 Å². The van der Waals surface area contributed by atoms with Crippen LogP contribution in [0.4, 0.5) is 0 Å². The average Bonchev–Trinajstić information content (AvgIpc) is 2.75. The summed E-state index contributed by atoms with van der Waals surface area (Å²) in [5.74, 6) is 0. The maximum atomic E-state index is 2.34. The molecule has 3 aromatic rings. The van der Waals surface area contributed by atoms with Crippen molar-refractivity contribution in [1.82, 2.24) is 4.57 Å². The largest absolute Gasteiger partial charge is 0.346 e. The van der Waals surface area contributed by atoms with Crippen molar-refractivity contribution in [2.24, 2.45) is 0 Å². The highest BCUT2D eigenvalue weighted by Crippen LogP contribution is 2.28. The van der Waals surface area contributed by atoms with Gasteiger partial charge in [-0.05, 0) is 30.5 Å². The van der Waals surface area contributed by atoms with Crippen LogP contribution in [0.1, 0.15) is 16.8 Å². The number of aromatic nitrogens is 1. The van der Waals surface area contributed by atoms with E-state index in [2.05, 4.69) is 85.3 Å². The van der Waals surface area contributed by atoms with Crippen LogP contribution >= 0.6 is 0 Å². The average molecular weight is 261 g/mol. The van der Waals surface area contributed by atoms with Gasteiger partial charge in [-0.1, -0.05) is 60.7 Å². The van der Waals surface area contributed by atoms with Crippen LogP contribution in [0, 0.1) is 13.8 Å². The smallest absolute Gasteiger partial charge is 0.0473 e. The van der Waals surface area contributed by atoms with Gasteiger partial charge in [-0.25, -0.2) is 0 Å². The van der Waals surface area contributed by atoms with Gasteiger partial charge in [-0.15, -0.1) is 0 Å². The third-order valence-corrected chi connectivity index (χ3v) is 3.79. The van der Waals surface area contributed by atoms with E-state index >= 15 is 0 Å². The molecule has 0 aliphatic heterocycles. The fraction of sp³-hybridized carbons (Fsp3) is 0.158. The van der Waals surface area contributed by atoms with Gasteiger partial charge >= 0.3 is 0 Å². The van der Waals surface area contributed by atoms with Crippen LogP contribution in [0.15, 0.2) is 66.9 Å². The molecule has 20 heavy (non-hydrogen) atoms. The Morgan fingerprint density at radius 2 is 1.40 bits per heavy atom. The Bertz CT molecular complexity index is 693. The summed E-state index contributed by atoms with van der Waals surface area (Å²) in [7, 11) is 0. The van der Waals surface area contributed by atoms with Gasteiger partial charge in [-0.3, -0.25) is 0 Å². The molecule has 1 aromatic heterocycles. The maximum absolute atomic E-state index is 2.34. The van der Waals surface area contributed by atoms with E-state index in [0.717, 1.165) is 6.54 Å². The van der Waals surface area contributed by atoms with E-state index in [1.54, 1.807) is 0 Å². The second-order valence-corrected chi connectivity index (χ2v) is 5.25. The zero-order chi connectivity index (χ0) is 13.9. The highest BCUT2D eigenvalue weighted by Gasteiger charge is 2.11. The van der Waals surface area contributed by atoms with Crippen molar-refractivity contribution in [2.45, 2.75) is 20.4 Å². The molecule has 0 atom stereocenters. The minimum absolute atomic E-state index is 0.931. The van der Waals surface area contributed by atoms with Crippen LogP contribution in [-0.2, 0) is 6.54 Å². The molecule has 0 saturated heterocycles. The van der Waals surface area contributed by atoms with Crippen molar-refractivity contribution in [3.63, 3.8) is 0 Å². The Kier molecular flexibility index (Phi) is 3.42. The Morgan fingerprint density at radius 3 is 2.05 bits per heavy atom. The molecule has 0 radical (unpaired) electrons. The molecule has 100 valence electrons. The van der Waals surface area contributed by atoms with Gasteiger partial charge in [-0.2, -0.15) is 0 Å². The number of aryl methyl sites for hydroxylation is 1. The van der Waals surface area contributed by atoms with Crippen LogP contribution in [0.5, 0.6) is 0 Å². The minimum atomic E-state index is 0.931. The molecule has 1 nitrogen and oxygen atoms in total. The van der Waals surface area contributed by atoms with Crippen molar-refractivity contribution in [2.75, 3.05) is 0 Å². The zero-order valence-electron chi connectivity index (χ0n) is 12.0. The van der Waals surface area contributed by atoms with Crippen LogP contribution in [0.25, 0.3) is 11.1 Å². The second-order valence-electron chi connectivity index (χ2n) is 5.25. The number of rotatable bonds is 3. The summed E-state index contributed by atoms with van der Waals surface area (Å²) >= 11 is 0. The monoisotopic (exact) mass is 261 g/mol. The van der Waals surface area contributed by atoms with Gasteiger partial charge in [0.25, 0.3) is 0 Å². The normalized spacial score (nSPS) is 10.7. The number of hydrogen-bond acceptors (Lipinski definition) is 0. The quantitative estimate of drug-likeness (QED) is 0.637. The minimum Gasteiger partial charge on any atom is -0.346 e. The predicted octanol–water partition coefficient (Wildman–Crippen LogP) is 4.82. The van der Waals surface area contributed by atoms with Crippen LogP contribution in [0.3, 0.4) is 0 Å². The SMILES string of the molecule is Cc1cn(Cc2ccccc2)c(C)c1-c1ccccc1. The van der Waals surface area contributed by atoms with Crippen molar-refractivity contribution < 1.29 is 0 Å². The third-order valence-electron chi connectivity index (χ3n) is 3.79. The molecule has 0 aliphatic carbocycles. The summed E-state index contributed by atoms with van der Waals surface area (Å²) in [6.45, 7) is 5.33. The molecule has 1 heteroatoms. The van der Waals surface area contributed by atoms with Crippen LogP contribution in [0.2, 0.25) is 0 Å². The van der Waals surface area contributed by atoms with Crippen LogP contribution < -0.4 is 0 Å².